The first-order chi connectivity index (χ1) is 14.7. The molecule has 0 spiro atoms. The summed E-state index contributed by atoms with van der Waals surface area (Å²) in [5.41, 5.74) is 3.72. The molecule has 31 heavy (non-hydrogen) atoms. The van der Waals surface area contributed by atoms with Crippen LogP contribution in [0.2, 0.25) is 0 Å². The van der Waals surface area contributed by atoms with E-state index < -0.39 is 5.82 Å². The maximum Gasteiger partial charge on any atom is 0.258 e. The molecule has 0 aliphatic rings. The van der Waals surface area contributed by atoms with E-state index in [4.69, 9.17) is 0 Å². The highest BCUT2D eigenvalue weighted by Crippen LogP contribution is 2.26. The highest BCUT2D eigenvalue weighted by molar-refractivity contribution is 6.01. The molecule has 0 unspecified atom stereocenters. The van der Waals surface area contributed by atoms with Gasteiger partial charge >= 0.3 is 0 Å². The summed E-state index contributed by atoms with van der Waals surface area (Å²) in [7, 11) is 0. The third kappa shape index (κ3) is 3.46. The minimum Gasteiger partial charge on any atom is -0.618 e. The number of rotatable bonds is 3. The molecule has 4 aromatic rings. The number of fused-ring (bicyclic) bond motifs is 1. The summed E-state index contributed by atoms with van der Waals surface area (Å²) in [6.45, 7) is 6.54. The Kier molecular flexibility index (Phi) is 4.85. The van der Waals surface area contributed by atoms with Crippen molar-refractivity contribution in [1.82, 2.24) is 14.4 Å². The largest absolute Gasteiger partial charge is 0.618 e. The predicted octanol–water partition coefficient (Wildman–Crippen LogP) is 3.32. The molecule has 0 amide bonds. The van der Waals surface area contributed by atoms with Gasteiger partial charge in [0.2, 0.25) is 11.9 Å². The van der Waals surface area contributed by atoms with Crippen molar-refractivity contribution in [2.75, 3.05) is 0 Å². The van der Waals surface area contributed by atoms with Crippen molar-refractivity contribution in [3.63, 3.8) is 0 Å². The van der Waals surface area contributed by atoms with Crippen molar-refractivity contribution in [2.45, 2.75) is 27.7 Å². The van der Waals surface area contributed by atoms with Crippen LogP contribution in [0.4, 0.5) is 4.39 Å². The van der Waals surface area contributed by atoms with Gasteiger partial charge in [-0.2, -0.15) is 4.73 Å². The Hall–Kier alpha value is -3.94. The van der Waals surface area contributed by atoms with Crippen LogP contribution in [0, 0.1) is 31.8 Å². The average Bonchev–Trinajstić information content (AvgIpc) is 2.73. The Morgan fingerprint density at radius 3 is 2.42 bits per heavy atom. The lowest BCUT2D eigenvalue weighted by molar-refractivity contribution is -0.613. The Morgan fingerprint density at radius 1 is 1.10 bits per heavy atom. The zero-order valence-electron chi connectivity index (χ0n) is 17.4. The monoisotopic (exact) mass is 418 g/mol. The van der Waals surface area contributed by atoms with Crippen molar-refractivity contribution in [3.8, 4) is 22.5 Å². The number of carbonyl (C=O) groups excluding carboxylic acids is 1. The third-order valence-electron chi connectivity index (χ3n) is 5.29. The molecule has 156 valence electrons. The van der Waals surface area contributed by atoms with Crippen molar-refractivity contribution in [3.05, 3.63) is 86.7 Å². The van der Waals surface area contributed by atoms with Gasteiger partial charge in [-0.3, -0.25) is 14.0 Å². The molecule has 0 atom stereocenters. The number of ketones is 1. The van der Waals surface area contributed by atoms with Gasteiger partial charge in [-0.1, -0.05) is 0 Å². The number of hydrogen-bond acceptors (Lipinski definition) is 5. The number of hydrogen-bond donors (Lipinski definition) is 0. The lowest BCUT2D eigenvalue weighted by Crippen LogP contribution is -2.31. The predicted molar refractivity (Wildman–Crippen MR) is 113 cm³/mol. The van der Waals surface area contributed by atoms with Gasteiger partial charge in [0, 0.05) is 42.2 Å². The number of pyridine rings is 3. The van der Waals surface area contributed by atoms with Crippen molar-refractivity contribution < 1.29 is 13.9 Å². The standard InChI is InChI=1S/C23H19FN4O3/c1-12-5-20(15(4)29)21-7-18(13(2)23(30)27(21)10-12)16-8-25-22(26-9-16)19-6-17(24)11-28(31)14(19)3/h5-11H,1-4H3. The Bertz CT molecular complexity index is 1430. The van der Waals surface area contributed by atoms with Crippen LogP contribution >= 0.6 is 0 Å². The molecule has 7 nitrogen and oxygen atoms in total. The lowest BCUT2D eigenvalue weighted by Gasteiger charge is -2.13. The highest BCUT2D eigenvalue weighted by Gasteiger charge is 2.17. The van der Waals surface area contributed by atoms with Crippen molar-refractivity contribution in [1.29, 1.82) is 0 Å². The van der Waals surface area contributed by atoms with Gasteiger partial charge in [0.15, 0.2) is 17.4 Å². The van der Waals surface area contributed by atoms with Crippen LogP contribution in [0.25, 0.3) is 28.0 Å². The van der Waals surface area contributed by atoms with E-state index in [0.29, 0.717) is 32.5 Å². The smallest absolute Gasteiger partial charge is 0.258 e. The molecular formula is C23H19FN4O3. The second-order valence-corrected chi connectivity index (χ2v) is 7.51. The highest BCUT2D eigenvalue weighted by atomic mass is 19.1. The number of Topliss-reactive ketones (excluding diaryl/α,β-unsaturated/α-hetero) is 1. The van der Waals surface area contributed by atoms with E-state index in [1.807, 2.05) is 6.92 Å². The van der Waals surface area contributed by atoms with Gasteiger partial charge in [0.05, 0.1) is 11.1 Å². The maximum atomic E-state index is 13.7. The van der Waals surface area contributed by atoms with Crippen LogP contribution in [0.15, 0.2) is 47.8 Å². The first-order valence-electron chi connectivity index (χ1n) is 9.57. The Balaban J connectivity index is 1.89. The van der Waals surface area contributed by atoms with E-state index in [0.717, 1.165) is 11.8 Å². The fraction of sp³-hybridized carbons (Fsp3) is 0.174. The number of aromatic nitrogens is 4. The first kappa shape index (κ1) is 20.3. The van der Waals surface area contributed by atoms with Crippen LogP contribution in [-0.2, 0) is 0 Å². The molecule has 0 fully saturated rings. The number of carbonyl (C=O) groups is 1. The summed E-state index contributed by atoms with van der Waals surface area (Å²) < 4.78 is 15.6. The van der Waals surface area contributed by atoms with Crippen LogP contribution < -0.4 is 10.3 Å². The molecule has 8 heteroatoms. The van der Waals surface area contributed by atoms with Gasteiger partial charge in [0.25, 0.3) is 5.56 Å². The number of halogens is 1. The fourth-order valence-corrected chi connectivity index (χ4v) is 3.62. The third-order valence-corrected chi connectivity index (χ3v) is 5.29. The quantitative estimate of drug-likeness (QED) is 0.289. The zero-order chi connectivity index (χ0) is 22.4. The fourth-order valence-electron chi connectivity index (χ4n) is 3.62. The van der Waals surface area contributed by atoms with Crippen LogP contribution in [0.3, 0.4) is 0 Å². The molecule has 0 radical (unpaired) electrons. The molecular weight excluding hydrogens is 399 g/mol. The SMILES string of the molecule is CC(=O)c1cc(C)cn2c(=O)c(C)c(-c3cnc(-c4cc(F)c[n+]([O-])c4C)nc3)cc12. The molecule has 4 heterocycles. The zero-order valence-corrected chi connectivity index (χ0v) is 17.4. The van der Waals surface area contributed by atoms with Gasteiger partial charge in [0.1, 0.15) is 0 Å². The topological polar surface area (TPSA) is 91.3 Å². The Morgan fingerprint density at radius 2 is 1.77 bits per heavy atom. The average molecular weight is 418 g/mol. The second-order valence-electron chi connectivity index (χ2n) is 7.51. The molecule has 0 saturated carbocycles. The summed E-state index contributed by atoms with van der Waals surface area (Å²) in [4.78, 5) is 33.7. The summed E-state index contributed by atoms with van der Waals surface area (Å²) >= 11 is 0. The molecule has 0 aliphatic heterocycles. The van der Waals surface area contributed by atoms with E-state index in [9.17, 15) is 19.2 Å². The summed E-state index contributed by atoms with van der Waals surface area (Å²) in [5, 5.41) is 11.8. The second kappa shape index (κ2) is 7.39. The summed E-state index contributed by atoms with van der Waals surface area (Å²) in [5.74, 6) is -0.635. The molecule has 0 saturated heterocycles. The van der Waals surface area contributed by atoms with Gasteiger partial charge in [-0.15, -0.1) is 0 Å². The maximum absolute atomic E-state index is 13.7. The number of aryl methyl sites for hydroxylation is 1. The molecule has 4 aromatic heterocycles. The minimum atomic E-state index is -0.686. The van der Waals surface area contributed by atoms with Crippen LogP contribution in [-0.4, -0.2) is 20.2 Å². The van der Waals surface area contributed by atoms with E-state index in [1.54, 1.807) is 32.2 Å². The first-order valence-corrected chi connectivity index (χ1v) is 9.57. The normalized spacial score (nSPS) is 11.1. The molecule has 0 bridgehead atoms. The van der Waals surface area contributed by atoms with Gasteiger partial charge < -0.3 is 5.21 Å². The molecule has 4 rings (SSSR count). The van der Waals surface area contributed by atoms with Crippen LogP contribution in [0.5, 0.6) is 0 Å². The Labute approximate surface area is 177 Å². The lowest BCUT2D eigenvalue weighted by atomic mass is 10.0. The van der Waals surface area contributed by atoms with Crippen molar-refractivity contribution >= 4 is 11.3 Å². The van der Waals surface area contributed by atoms with E-state index in [1.165, 1.54) is 29.8 Å². The minimum absolute atomic E-state index is 0.144. The van der Waals surface area contributed by atoms with Gasteiger partial charge in [-0.25, -0.2) is 14.4 Å². The van der Waals surface area contributed by atoms with E-state index >= 15 is 0 Å². The van der Waals surface area contributed by atoms with E-state index in [2.05, 4.69) is 9.97 Å². The summed E-state index contributed by atoms with van der Waals surface area (Å²) in [6.07, 6.45) is 5.57. The molecule has 0 aliphatic carbocycles. The van der Waals surface area contributed by atoms with E-state index in [-0.39, 0.29) is 28.4 Å². The number of nitrogens with zero attached hydrogens (tertiary/aromatic N) is 4. The van der Waals surface area contributed by atoms with Crippen molar-refractivity contribution in [2.24, 2.45) is 0 Å². The van der Waals surface area contributed by atoms with Gasteiger partial charge in [-0.05, 0) is 50.1 Å². The molecule has 0 aromatic carbocycles. The van der Waals surface area contributed by atoms with Crippen LogP contribution in [0.1, 0.15) is 34.1 Å². The molecule has 0 N–H and O–H groups in total. The summed E-state index contributed by atoms with van der Waals surface area (Å²) in [6, 6.07) is 4.72.